The molecule has 5 heteroatoms. The predicted octanol–water partition coefficient (Wildman–Crippen LogP) is 2.00. The Kier molecular flexibility index (Phi) is 2.92. The topological polar surface area (TPSA) is 46.2 Å². The zero-order valence-corrected chi connectivity index (χ0v) is 9.05. The predicted molar refractivity (Wildman–Crippen MR) is 56.5 cm³/mol. The number of hydrogen-bond donors (Lipinski definition) is 1. The number of carbonyl (C=O) groups is 2. The molecule has 0 aromatic heterocycles. The number of benzene rings is 1. The number of rotatable bonds is 1. The Bertz CT molecular complexity index is 425. The van der Waals surface area contributed by atoms with E-state index in [2.05, 4.69) is 5.32 Å². The lowest BCUT2D eigenvalue weighted by Gasteiger charge is -2.21. The van der Waals surface area contributed by atoms with Gasteiger partial charge in [0.2, 0.25) is 11.8 Å². The van der Waals surface area contributed by atoms with Gasteiger partial charge in [0.15, 0.2) is 0 Å². The third kappa shape index (κ3) is 2.39. The first-order chi connectivity index (χ1) is 7.54. The number of hydrogen-bond acceptors (Lipinski definition) is 2. The standard InChI is InChI=1S/C11H9ClFNO2/c12-8-1-6(2-9(13)5-8)7-3-10(15)14-11(16)4-7/h1-2,5,7H,3-4H2,(H,14,15,16). The molecule has 0 saturated carbocycles. The molecule has 1 heterocycles. The van der Waals surface area contributed by atoms with Gasteiger partial charge in [-0.1, -0.05) is 11.6 Å². The molecule has 0 atom stereocenters. The molecule has 2 amide bonds. The summed E-state index contributed by atoms with van der Waals surface area (Å²) < 4.78 is 13.1. The second kappa shape index (κ2) is 4.22. The first kappa shape index (κ1) is 11.1. The fourth-order valence-electron chi connectivity index (χ4n) is 1.82. The maximum Gasteiger partial charge on any atom is 0.227 e. The van der Waals surface area contributed by atoms with E-state index in [0.717, 1.165) is 0 Å². The van der Waals surface area contributed by atoms with Crippen LogP contribution < -0.4 is 5.32 Å². The first-order valence-electron chi connectivity index (χ1n) is 4.83. The van der Waals surface area contributed by atoms with Gasteiger partial charge in [-0.2, -0.15) is 0 Å². The second-order valence-electron chi connectivity index (χ2n) is 3.78. The van der Waals surface area contributed by atoms with E-state index in [0.29, 0.717) is 5.56 Å². The largest absolute Gasteiger partial charge is 0.296 e. The van der Waals surface area contributed by atoms with Crippen LogP contribution in [0.3, 0.4) is 0 Å². The number of amides is 2. The first-order valence-corrected chi connectivity index (χ1v) is 5.21. The van der Waals surface area contributed by atoms with Gasteiger partial charge >= 0.3 is 0 Å². The lowest BCUT2D eigenvalue weighted by Crippen LogP contribution is -2.37. The Labute approximate surface area is 96.6 Å². The van der Waals surface area contributed by atoms with Gasteiger partial charge in [0.25, 0.3) is 0 Å². The smallest absolute Gasteiger partial charge is 0.227 e. The van der Waals surface area contributed by atoms with Crippen LogP contribution in [-0.2, 0) is 9.59 Å². The molecule has 16 heavy (non-hydrogen) atoms. The van der Waals surface area contributed by atoms with Crippen LogP contribution in [0.4, 0.5) is 4.39 Å². The lowest BCUT2D eigenvalue weighted by molar-refractivity contribution is -0.133. The molecule has 0 radical (unpaired) electrons. The van der Waals surface area contributed by atoms with E-state index in [1.54, 1.807) is 6.07 Å². The average molecular weight is 242 g/mol. The highest BCUT2D eigenvalue weighted by molar-refractivity contribution is 6.30. The fourth-order valence-corrected chi connectivity index (χ4v) is 2.05. The maximum atomic E-state index is 13.1. The summed E-state index contributed by atoms with van der Waals surface area (Å²) in [5.41, 5.74) is 0.591. The van der Waals surface area contributed by atoms with E-state index in [1.165, 1.54) is 12.1 Å². The van der Waals surface area contributed by atoms with Crippen molar-refractivity contribution >= 4 is 23.4 Å². The summed E-state index contributed by atoms with van der Waals surface area (Å²) in [4.78, 5) is 22.3. The number of halogens is 2. The summed E-state index contributed by atoms with van der Waals surface area (Å²) >= 11 is 5.72. The minimum absolute atomic E-state index is 0.186. The Morgan fingerprint density at radius 2 is 1.81 bits per heavy atom. The van der Waals surface area contributed by atoms with Crippen LogP contribution in [-0.4, -0.2) is 11.8 Å². The van der Waals surface area contributed by atoms with Crippen LogP contribution in [0.5, 0.6) is 0 Å². The minimum atomic E-state index is -0.457. The van der Waals surface area contributed by atoms with Crippen molar-refractivity contribution in [3.63, 3.8) is 0 Å². The molecule has 1 aliphatic heterocycles. The van der Waals surface area contributed by atoms with Crippen LogP contribution in [0, 0.1) is 5.82 Å². The summed E-state index contributed by atoms with van der Waals surface area (Å²) in [7, 11) is 0. The number of carbonyl (C=O) groups excluding carboxylic acids is 2. The summed E-state index contributed by atoms with van der Waals surface area (Å²) in [5.74, 6) is -1.40. The normalized spacial score (nSPS) is 17.4. The van der Waals surface area contributed by atoms with Gasteiger partial charge in [-0.25, -0.2) is 4.39 Å². The second-order valence-corrected chi connectivity index (χ2v) is 4.22. The molecule has 1 N–H and O–H groups in total. The highest BCUT2D eigenvalue weighted by Gasteiger charge is 2.26. The van der Waals surface area contributed by atoms with Gasteiger partial charge in [-0.15, -0.1) is 0 Å². The Morgan fingerprint density at radius 1 is 1.19 bits per heavy atom. The molecule has 1 fully saturated rings. The lowest BCUT2D eigenvalue weighted by atomic mass is 9.89. The summed E-state index contributed by atoms with van der Waals surface area (Å²) in [6, 6.07) is 4.08. The van der Waals surface area contributed by atoms with Crippen molar-refractivity contribution < 1.29 is 14.0 Å². The molecule has 84 valence electrons. The molecule has 0 unspecified atom stereocenters. The van der Waals surface area contributed by atoms with Crippen LogP contribution in [0.2, 0.25) is 5.02 Å². The molecule has 0 spiro atoms. The van der Waals surface area contributed by atoms with Crippen molar-refractivity contribution in [1.29, 1.82) is 0 Å². The van der Waals surface area contributed by atoms with E-state index >= 15 is 0 Å². The molecule has 0 bridgehead atoms. The zero-order valence-electron chi connectivity index (χ0n) is 8.30. The highest BCUT2D eigenvalue weighted by Crippen LogP contribution is 2.28. The van der Waals surface area contributed by atoms with Crippen molar-refractivity contribution in [2.75, 3.05) is 0 Å². The minimum Gasteiger partial charge on any atom is -0.296 e. The van der Waals surface area contributed by atoms with Crippen LogP contribution in [0.25, 0.3) is 0 Å². The monoisotopic (exact) mass is 241 g/mol. The van der Waals surface area contributed by atoms with Crippen molar-refractivity contribution in [2.45, 2.75) is 18.8 Å². The molecular weight excluding hydrogens is 233 g/mol. The molecule has 1 aliphatic rings. The van der Waals surface area contributed by atoms with Gasteiger partial charge in [0, 0.05) is 23.8 Å². The molecule has 2 rings (SSSR count). The number of imide groups is 1. The van der Waals surface area contributed by atoms with E-state index in [9.17, 15) is 14.0 Å². The Morgan fingerprint density at radius 3 is 2.38 bits per heavy atom. The Balaban J connectivity index is 2.29. The van der Waals surface area contributed by atoms with Crippen molar-refractivity contribution in [1.82, 2.24) is 5.32 Å². The van der Waals surface area contributed by atoms with Crippen LogP contribution in [0.15, 0.2) is 18.2 Å². The van der Waals surface area contributed by atoms with E-state index in [4.69, 9.17) is 11.6 Å². The van der Waals surface area contributed by atoms with Crippen molar-refractivity contribution in [3.8, 4) is 0 Å². The third-order valence-electron chi connectivity index (χ3n) is 2.50. The van der Waals surface area contributed by atoms with Crippen molar-refractivity contribution in [3.05, 3.63) is 34.6 Å². The molecular formula is C11H9ClFNO2. The van der Waals surface area contributed by atoms with Crippen molar-refractivity contribution in [2.24, 2.45) is 0 Å². The highest BCUT2D eigenvalue weighted by atomic mass is 35.5. The maximum absolute atomic E-state index is 13.1. The zero-order chi connectivity index (χ0) is 11.7. The van der Waals surface area contributed by atoms with Gasteiger partial charge in [0.1, 0.15) is 5.82 Å². The number of nitrogens with one attached hydrogen (secondary N) is 1. The summed E-state index contributed by atoms with van der Waals surface area (Å²) in [6.45, 7) is 0. The van der Waals surface area contributed by atoms with Gasteiger partial charge in [-0.05, 0) is 23.8 Å². The van der Waals surface area contributed by atoms with Gasteiger partial charge in [-0.3, -0.25) is 14.9 Å². The average Bonchev–Trinajstić information content (AvgIpc) is 2.14. The molecule has 1 aromatic rings. The molecule has 1 saturated heterocycles. The molecule has 0 aliphatic carbocycles. The third-order valence-corrected chi connectivity index (χ3v) is 2.72. The fraction of sp³-hybridized carbons (Fsp3) is 0.273. The van der Waals surface area contributed by atoms with E-state index < -0.39 is 5.82 Å². The summed E-state index contributed by atoms with van der Waals surface area (Å²) in [6.07, 6.45) is 0.372. The van der Waals surface area contributed by atoms with E-state index in [-0.39, 0.29) is 35.6 Å². The SMILES string of the molecule is O=C1CC(c2cc(F)cc(Cl)c2)CC(=O)N1. The van der Waals surface area contributed by atoms with Gasteiger partial charge in [0.05, 0.1) is 0 Å². The van der Waals surface area contributed by atoms with Crippen LogP contribution >= 0.6 is 11.6 Å². The quantitative estimate of drug-likeness (QED) is 0.765. The van der Waals surface area contributed by atoms with Gasteiger partial charge < -0.3 is 0 Å². The molecule has 3 nitrogen and oxygen atoms in total. The summed E-state index contributed by atoms with van der Waals surface area (Å²) in [5, 5.41) is 2.48. The van der Waals surface area contributed by atoms with Crippen LogP contribution in [0.1, 0.15) is 24.3 Å². The van der Waals surface area contributed by atoms with E-state index in [1.807, 2.05) is 0 Å². The Hall–Kier alpha value is -1.42. The molecule has 1 aromatic carbocycles. The number of piperidine rings is 1.